The van der Waals surface area contributed by atoms with E-state index in [1.54, 1.807) is 17.8 Å². The Morgan fingerprint density at radius 2 is 2.04 bits per heavy atom. The van der Waals surface area contributed by atoms with E-state index in [-0.39, 0.29) is 35.9 Å². The maximum Gasteiger partial charge on any atom is 0.223 e. The van der Waals surface area contributed by atoms with E-state index in [0.29, 0.717) is 18.7 Å². The lowest BCUT2D eigenvalue weighted by molar-refractivity contribution is -0.123. The van der Waals surface area contributed by atoms with Crippen LogP contribution in [0.25, 0.3) is 0 Å². The molecule has 2 aromatic rings. The number of amides is 1. The summed E-state index contributed by atoms with van der Waals surface area (Å²) in [5.74, 6) is -0.769. The summed E-state index contributed by atoms with van der Waals surface area (Å²) in [6.07, 6.45) is 3.62. The minimum absolute atomic E-state index is 0.0381. The van der Waals surface area contributed by atoms with E-state index in [1.807, 2.05) is 18.0 Å². The van der Waals surface area contributed by atoms with Gasteiger partial charge in [0, 0.05) is 56.0 Å². The summed E-state index contributed by atoms with van der Waals surface area (Å²) in [4.78, 5) is 14.3. The van der Waals surface area contributed by atoms with Crippen LogP contribution in [0.4, 0.5) is 8.78 Å². The van der Waals surface area contributed by atoms with E-state index in [4.69, 9.17) is 0 Å². The molecule has 1 saturated heterocycles. The predicted molar refractivity (Wildman–Crippen MR) is 97.0 cm³/mol. The third-order valence-corrected chi connectivity index (χ3v) is 5.67. The van der Waals surface area contributed by atoms with Gasteiger partial charge in [-0.3, -0.25) is 14.4 Å². The molecule has 7 heteroatoms. The maximum atomic E-state index is 14.4. The molecule has 0 bridgehead atoms. The van der Waals surface area contributed by atoms with E-state index in [2.05, 4.69) is 10.4 Å². The van der Waals surface area contributed by atoms with Crippen molar-refractivity contribution in [1.29, 1.82) is 0 Å². The molecule has 1 saturated carbocycles. The Morgan fingerprint density at radius 3 is 2.70 bits per heavy atom. The number of nitrogens with zero attached hydrogens (tertiary/aromatic N) is 3. The van der Waals surface area contributed by atoms with Crippen LogP contribution in [0.15, 0.2) is 24.4 Å². The number of aryl methyl sites for hydroxylation is 2. The van der Waals surface area contributed by atoms with Crippen LogP contribution in [-0.2, 0) is 18.4 Å². The van der Waals surface area contributed by atoms with Gasteiger partial charge in [-0.1, -0.05) is 6.07 Å². The lowest BCUT2D eigenvalue weighted by atomic mass is 9.99. The highest BCUT2D eigenvalue weighted by Crippen LogP contribution is 2.33. The van der Waals surface area contributed by atoms with Crippen molar-refractivity contribution in [2.24, 2.45) is 13.0 Å². The Labute approximate surface area is 157 Å². The zero-order chi connectivity index (χ0) is 19.1. The SMILES string of the molecule is Cc1ccc(F)c(CN2C[C@@H](NC(=O)C3CC3)[C@H](c3ccnn3C)C2)c1F. The van der Waals surface area contributed by atoms with E-state index in [9.17, 15) is 13.6 Å². The van der Waals surface area contributed by atoms with Crippen LogP contribution in [-0.4, -0.2) is 39.7 Å². The summed E-state index contributed by atoms with van der Waals surface area (Å²) in [6, 6.07) is 4.62. The number of aromatic nitrogens is 2. The molecule has 1 aliphatic heterocycles. The molecule has 0 unspecified atom stereocenters. The molecule has 1 aliphatic carbocycles. The molecule has 5 nitrogen and oxygen atoms in total. The molecule has 0 spiro atoms. The molecule has 4 rings (SSSR count). The monoisotopic (exact) mass is 374 g/mol. The van der Waals surface area contributed by atoms with Crippen LogP contribution in [0, 0.1) is 24.5 Å². The van der Waals surface area contributed by atoms with Crippen molar-refractivity contribution in [3.05, 3.63) is 52.9 Å². The number of halogens is 2. The van der Waals surface area contributed by atoms with Crippen molar-refractivity contribution in [2.45, 2.75) is 38.3 Å². The first-order valence-electron chi connectivity index (χ1n) is 9.38. The van der Waals surface area contributed by atoms with Crippen LogP contribution in [0.5, 0.6) is 0 Å². The van der Waals surface area contributed by atoms with Crippen LogP contribution in [0.3, 0.4) is 0 Å². The maximum absolute atomic E-state index is 14.4. The Bertz CT molecular complexity index is 862. The van der Waals surface area contributed by atoms with Crippen molar-refractivity contribution in [1.82, 2.24) is 20.0 Å². The smallest absolute Gasteiger partial charge is 0.223 e. The van der Waals surface area contributed by atoms with Gasteiger partial charge in [0.25, 0.3) is 0 Å². The summed E-state index contributed by atoms with van der Waals surface area (Å²) in [6.45, 7) is 2.99. The highest BCUT2D eigenvalue weighted by molar-refractivity contribution is 5.81. The summed E-state index contributed by atoms with van der Waals surface area (Å²) in [5.41, 5.74) is 1.55. The van der Waals surface area contributed by atoms with Crippen LogP contribution < -0.4 is 5.32 Å². The largest absolute Gasteiger partial charge is 0.351 e. The van der Waals surface area contributed by atoms with E-state index < -0.39 is 11.6 Å². The van der Waals surface area contributed by atoms with Crippen molar-refractivity contribution in [3.8, 4) is 0 Å². The molecule has 2 aliphatic rings. The summed E-state index contributed by atoms with van der Waals surface area (Å²) in [5, 5.41) is 7.39. The second-order valence-corrected chi connectivity index (χ2v) is 7.73. The van der Waals surface area contributed by atoms with Gasteiger partial charge >= 0.3 is 0 Å². The minimum Gasteiger partial charge on any atom is -0.351 e. The lowest BCUT2D eigenvalue weighted by Gasteiger charge is -2.20. The Morgan fingerprint density at radius 1 is 1.26 bits per heavy atom. The number of benzene rings is 1. The molecule has 144 valence electrons. The highest BCUT2D eigenvalue weighted by atomic mass is 19.1. The molecule has 1 aromatic carbocycles. The first-order valence-corrected chi connectivity index (χ1v) is 9.38. The average Bonchev–Trinajstić information content (AvgIpc) is 3.30. The van der Waals surface area contributed by atoms with Crippen LogP contribution in [0.1, 0.15) is 35.6 Å². The first kappa shape index (κ1) is 18.1. The summed E-state index contributed by atoms with van der Waals surface area (Å²) >= 11 is 0. The Kier molecular flexibility index (Phi) is 4.72. The Hall–Kier alpha value is -2.28. The molecular weight excluding hydrogens is 350 g/mol. The van der Waals surface area contributed by atoms with Gasteiger partial charge in [0.15, 0.2) is 0 Å². The molecule has 1 aromatic heterocycles. The quantitative estimate of drug-likeness (QED) is 0.875. The van der Waals surface area contributed by atoms with Crippen LogP contribution >= 0.6 is 0 Å². The molecule has 2 atom stereocenters. The number of hydrogen-bond donors (Lipinski definition) is 1. The second kappa shape index (κ2) is 7.03. The minimum atomic E-state index is -0.527. The van der Waals surface area contributed by atoms with Gasteiger partial charge in [0.1, 0.15) is 11.6 Å². The first-order chi connectivity index (χ1) is 12.9. The summed E-state index contributed by atoms with van der Waals surface area (Å²) < 4.78 is 30.4. The van der Waals surface area contributed by atoms with Crippen molar-refractivity contribution in [2.75, 3.05) is 13.1 Å². The lowest BCUT2D eigenvalue weighted by Crippen LogP contribution is -2.41. The molecule has 2 heterocycles. The van der Waals surface area contributed by atoms with E-state index in [1.165, 1.54) is 12.1 Å². The molecule has 1 amide bonds. The van der Waals surface area contributed by atoms with Gasteiger partial charge in [-0.2, -0.15) is 5.10 Å². The fourth-order valence-electron chi connectivity index (χ4n) is 3.94. The van der Waals surface area contributed by atoms with Crippen molar-refractivity contribution >= 4 is 5.91 Å². The van der Waals surface area contributed by atoms with Gasteiger partial charge in [0.2, 0.25) is 5.91 Å². The van der Waals surface area contributed by atoms with Crippen LogP contribution in [0.2, 0.25) is 0 Å². The van der Waals surface area contributed by atoms with Gasteiger partial charge in [0.05, 0.1) is 6.04 Å². The van der Waals surface area contributed by atoms with Crippen molar-refractivity contribution in [3.63, 3.8) is 0 Å². The molecule has 0 radical (unpaired) electrons. The van der Waals surface area contributed by atoms with E-state index >= 15 is 0 Å². The fraction of sp³-hybridized carbons (Fsp3) is 0.500. The molecule has 1 N–H and O–H groups in total. The van der Waals surface area contributed by atoms with Gasteiger partial charge in [-0.05, 0) is 37.5 Å². The second-order valence-electron chi connectivity index (χ2n) is 7.73. The normalized spacial score (nSPS) is 23.0. The number of hydrogen-bond acceptors (Lipinski definition) is 3. The van der Waals surface area contributed by atoms with Gasteiger partial charge in [-0.15, -0.1) is 0 Å². The predicted octanol–water partition coefficient (Wildman–Crippen LogP) is 2.50. The molecule has 2 fully saturated rings. The zero-order valence-electron chi connectivity index (χ0n) is 15.6. The number of carbonyl (C=O) groups excluding carboxylic acids is 1. The van der Waals surface area contributed by atoms with Gasteiger partial charge in [-0.25, -0.2) is 8.78 Å². The van der Waals surface area contributed by atoms with Gasteiger partial charge < -0.3 is 5.32 Å². The molecule has 27 heavy (non-hydrogen) atoms. The fourth-order valence-corrected chi connectivity index (χ4v) is 3.94. The Balaban J connectivity index is 1.56. The average molecular weight is 374 g/mol. The topological polar surface area (TPSA) is 50.2 Å². The van der Waals surface area contributed by atoms with E-state index in [0.717, 1.165) is 18.5 Å². The zero-order valence-corrected chi connectivity index (χ0v) is 15.6. The third kappa shape index (κ3) is 3.60. The number of likely N-dealkylation sites (tertiary alicyclic amines) is 1. The summed E-state index contributed by atoms with van der Waals surface area (Å²) in [7, 11) is 1.87. The standard InChI is InChI=1S/C20H24F2N4O/c1-12-3-6-16(21)14(19(12)22)9-26-10-15(18-7-8-23-25(18)2)17(11-26)24-20(27)13-4-5-13/h3,6-8,13,15,17H,4-5,9-11H2,1-2H3,(H,24,27)/t15-,17-/m1/s1. The molecular formula is C20H24F2N4O. The number of rotatable bonds is 5. The third-order valence-electron chi connectivity index (χ3n) is 5.67. The number of nitrogens with one attached hydrogen (secondary N) is 1. The highest BCUT2D eigenvalue weighted by Gasteiger charge is 2.39. The van der Waals surface area contributed by atoms with Crippen molar-refractivity contribution < 1.29 is 13.6 Å². The number of carbonyl (C=O) groups is 1.